The second kappa shape index (κ2) is 6.54. The van der Waals surface area contributed by atoms with Crippen LogP contribution >= 0.6 is 0 Å². The highest BCUT2D eigenvalue weighted by Gasteiger charge is 2.28. The molecule has 2 amide bonds. The van der Waals surface area contributed by atoms with Gasteiger partial charge in [0.1, 0.15) is 5.75 Å². The van der Waals surface area contributed by atoms with Crippen molar-refractivity contribution in [2.75, 3.05) is 0 Å². The van der Waals surface area contributed by atoms with Crippen LogP contribution in [0, 0.1) is 5.92 Å². The van der Waals surface area contributed by atoms with E-state index in [2.05, 4.69) is 15.4 Å². The van der Waals surface area contributed by atoms with Gasteiger partial charge in [-0.3, -0.25) is 0 Å². The molecule has 2 rings (SSSR count). The number of benzene rings is 1. The average Bonchev–Trinajstić information content (AvgIpc) is 3.21. The molecule has 0 bridgehead atoms. The monoisotopic (exact) mass is 284 g/mol. The summed E-state index contributed by atoms with van der Waals surface area (Å²) < 4.78 is 28.2. The number of nitrogens with one attached hydrogen (secondary N) is 2. The van der Waals surface area contributed by atoms with Crippen molar-refractivity contribution in [1.29, 1.82) is 0 Å². The Balaban J connectivity index is 1.74. The van der Waals surface area contributed by atoms with E-state index >= 15 is 0 Å². The lowest BCUT2D eigenvalue weighted by Gasteiger charge is -2.13. The maximum Gasteiger partial charge on any atom is 0.387 e. The number of urea groups is 1. The largest absolute Gasteiger partial charge is 0.435 e. The number of hydrogen-bond acceptors (Lipinski definition) is 2. The minimum absolute atomic E-state index is 0.107. The maximum absolute atomic E-state index is 12.0. The minimum atomic E-state index is -2.83. The molecule has 2 N–H and O–H groups in total. The fourth-order valence-electron chi connectivity index (χ4n) is 1.94. The Kier molecular flexibility index (Phi) is 4.76. The summed E-state index contributed by atoms with van der Waals surface area (Å²) in [6, 6.07) is 6.17. The summed E-state index contributed by atoms with van der Waals surface area (Å²) in [6.45, 7) is -0.486. The second-order valence-corrected chi connectivity index (χ2v) is 4.98. The zero-order valence-corrected chi connectivity index (χ0v) is 11.2. The highest BCUT2D eigenvalue weighted by Crippen LogP contribution is 2.32. The molecule has 0 spiro atoms. The normalized spacial score (nSPS) is 15.8. The van der Waals surface area contributed by atoms with Gasteiger partial charge in [-0.15, -0.1) is 0 Å². The van der Waals surface area contributed by atoms with E-state index in [9.17, 15) is 13.6 Å². The third-order valence-electron chi connectivity index (χ3n) is 3.29. The summed E-state index contributed by atoms with van der Waals surface area (Å²) in [7, 11) is 0. The van der Waals surface area contributed by atoms with Crippen LogP contribution in [0.4, 0.5) is 13.6 Å². The quantitative estimate of drug-likeness (QED) is 0.844. The van der Waals surface area contributed by atoms with Gasteiger partial charge in [0, 0.05) is 12.6 Å². The highest BCUT2D eigenvalue weighted by atomic mass is 19.3. The third-order valence-corrected chi connectivity index (χ3v) is 3.29. The number of hydrogen-bond donors (Lipinski definition) is 2. The van der Waals surface area contributed by atoms with Crippen molar-refractivity contribution in [2.45, 2.75) is 39.0 Å². The predicted octanol–water partition coefficient (Wildman–Crippen LogP) is 2.89. The van der Waals surface area contributed by atoms with Crippen molar-refractivity contribution in [1.82, 2.24) is 10.6 Å². The van der Waals surface area contributed by atoms with Gasteiger partial charge in [0.2, 0.25) is 0 Å². The molecular weight excluding hydrogens is 266 g/mol. The molecule has 1 aromatic rings. The number of halogens is 2. The number of carbonyl (C=O) groups excluding carboxylic acids is 1. The Morgan fingerprint density at radius 1 is 1.35 bits per heavy atom. The molecule has 4 nitrogen and oxygen atoms in total. The number of ether oxygens (including phenoxy) is 1. The molecule has 1 saturated carbocycles. The first-order valence-corrected chi connectivity index (χ1v) is 6.62. The summed E-state index contributed by atoms with van der Waals surface area (Å²) in [5.41, 5.74) is 0.820. The van der Waals surface area contributed by atoms with Gasteiger partial charge < -0.3 is 15.4 Å². The molecule has 0 saturated heterocycles. The molecule has 0 radical (unpaired) electrons. The van der Waals surface area contributed by atoms with Crippen LogP contribution in [0.5, 0.6) is 5.75 Å². The molecule has 0 heterocycles. The first-order valence-electron chi connectivity index (χ1n) is 6.62. The summed E-state index contributed by atoms with van der Waals surface area (Å²) in [6.07, 6.45) is 2.35. The number of carbonyl (C=O) groups is 1. The van der Waals surface area contributed by atoms with Crippen LogP contribution < -0.4 is 15.4 Å². The summed E-state index contributed by atoms with van der Waals surface area (Å²) >= 11 is 0. The molecule has 20 heavy (non-hydrogen) atoms. The van der Waals surface area contributed by atoms with E-state index in [-0.39, 0.29) is 17.8 Å². The van der Waals surface area contributed by atoms with Gasteiger partial charge in [-0.25, -0.2) is 4.79 Å². The number of amides is 2. The van der Waals surface area contributed by atoms with Gasteiger partial charge >= 0.3 is 12.6 Å². The van der Waals surface area contributed by atoms with Gasteiger partial charge in [0.25, 0.3) is 0 Å². The van der Waals surface area contributed by atoms with Crippen molar-refractivity contribution in [3.05, 3.63) is 29.8 Å². The van der Waals surface area contributed by atoms with E-state index in [0.717, 1.165) is 5.56 Å². The summed E-state index contributed by atoms with van der Waals surface area (Å²) in [5.74, 6) is 0.710. The average molecular weight is 284 g/mol. The van der Waals surface area contributed by atoms with Crippen LogP contribution in [0.3, 0.4) is 0 Å². The zero-order chi connectivity index (χ0) is 14.5. The summed E-state index contributed by atoms with van der Waals surface area (Å²) in [5, 5.41) is 5.61. The van der Waals surface area contributed by atoms with Crippen molar-refractivity contribution in [2.24, 2.45) is 5.92 Å². The standard InChI is InChI=1S/C14H18F2N2O2/c1-9(11-4-5-11)18-14(19)17-8-10-2-6-12(7-3-10)20-13(15)16/h2-3,6-7,9,11,13H,4-5,8H2,1H3,(H2,17,18,19)/t9-/m1/s1. The first kappa shape index (κ1) is 14.6. The molecule has 6 heteroatoms. The molecule has 1 fully saturated rings. The van der Waals surface area contributed by atoms with E-state index < -0.39 is 6.61 Å². The highest BCUT2D eigenvalue weighted by molar-refractivity contribution is 5.74. The fourth-order valence-corrected chi connectivity index (χ4v) is 1.94. The van der Waals surface area contributed by atoms with Crippen molar-refractivity contribution in [3.8, 4) is 5.75 Å². The Hall–Kier alpha value is -1.85. The van der Waals surface area contributed by atoms with E-state index in [1.807, 2.05) is 6.92 Å². The van der Waals surface area contributed by atoms with Gasteiger partial charge in [-0.1, -0.05) is 12.1 Å². The van der Waals surface area contributed by atoms with Crippen molar-refractivity contribution in [3.63, 3.8) is 0 Å². The van der Waals surface area contributed by atoms with E-state index in [0.29, 0.717) is 12.5 Å². The third kappa shape index (κ3) is 4.68. The Bertz CT molecular complexity index is 447. The Morgan fingerprint density at radius 3 is 2.55 bits per heavy atom. The molecule has 1 aliphatic carbocycles. The predicted molar refractivity (Wildman–Crippen MR) is 70.6 cm³/mol. The van der Waals surface area contributed by atoms with Gasteiger partial charge in [0.05, 0.1) is 0 Å². The Morgan fingerprint density at radius 2 is 2.00 bits per heavy atom. The SMILES string of the molecule is C[C@@H](NC(=O)NCc1ccc(OC(F)F)cc1)C1CC1. The summed E-state index contributed by atoms with van der Waals surface area (Å²) in [4.78, 5) is 11.6. The molecule has 0 unspecified atom stereocenters. The lowest BCUT2D eigenvalue weighted by Crippen LogP contribution is -2.41. The molecule has 0 aromatic heterocycles. The van der Waals surface area contributed by atoms with Crippen LogP contribution in [0.2, 0.25) is 0 Å². The zero-order valence-electron chi connectivity index (χ0n) is 11.2. The molecule has 0 aliphatic heterocycles. The van der Waals surface area contributed by atoms with Gasteiger partial charge in [-0.05, 0) is 43.4 Å². The van der Waals surface area contributed by atoms with Crippen LogP contribution in [-0.2, 0) is 6.54 Å². The van der Waals surface area contributed by atoms with Crippen LogP contribution in [0.25, 0.3) is 0 Å². The number of rotatable bonds is 6. The molecule has 1 aliphatic rings. The van der Waals surface area contributed by atoms with Gasteiger partial charge in [0.15, 0.2) is 0 Å². The van der Waals surface area contributed by atoms with Crippen LogP contribution in [0.1, 0.15) is 25.3 Å². The molecule has 1 atom stereocenters. The molecule has 1 aromatic carbocycles. The van der Waals surface area contributed by atoms with Crippen molar-refractivity contribution < 1.29 is 18.3 Å². The molecular formula is C14H18F2N2O2. The van der Waals surface area contributed by atoms with Crippen molar-refractivity contribution >= 4 is 6.03 Å². The second-order valence-electron chi connectivity index (χ2n) is 4.98. The maximum atomic E-state index is 12.0. The van der Waals surface area contributed by atoms with E-state index in [4.69, 9.17) is 0 Å². The van der Waals surface area contributed by atoms with Crippen LogP contribution in [0.15, 0.2) is 24.3 Å². The lowest BCUT2D eigenvalue weighted by atomic mass is 10.2. The lowest BCUT2D eigenvalue weighted by molar-refractivity contribution is -0.0498. The van der Waals surface area contributed by atoms with E-state index in [1.54, 1.807) is 12.1 Å². The van der Waals surface area contributed by atoms with Gasteiger partial charge in [-0.2, -0.15) is 8.78 Å². The smallest absolute Gasteiger partial charge is 0.387 e. The van der Waals surface area contributed by atoms with Crippen LogP contribution in [-0.4, -0.2) is 18.7 Å². The van der Waals surface area contributed by atoms with E-state index in [1.165, 1.54) is 25.0 Å². The molecule has 110 valence electrons. The first-order chi connectivity index (χ1) is 9.54. The minimum Gasteiger partial charge on any atom is -0.435 e. The fraction of sp³-hybridized carbons (Fsp3) is 0.500. The topological polar surface area (TPSA) is 50.4 Å². The number of alkyl halides is 2. The Labute approximate surface area is 116 Å².